The van der Waals surface area contributed by atoms with Crippen LogP contribution in [0.5, 0.6) is 0 Å². The minimum Gasteiger partial charge on any atom is -0.0892 e. The topological polar surface area (TPSA) is 0 Å². The standard InChI is InChI=1S/C7H14S2/c1-3-5-7-6(4-2)8-9-7/h6-7H,3-5H2,1-2H3. The van der Waals surface area contributed by atoms with E-state index in [1.165, 1.54) is 19.3 Å². The van der Waals surface area contributed by atoms with Gasteiger partial charge in [0.2, 0.25) is 0 Å². The van der Waals surface area contributed by atoms with Gasteiger partial charge >= 0.3 is 0 Å². The van der Waals surface area contributed by atoms with Crippen molar-refractivity contribution >= 4 is 21.6 Å². The van der Waals surface area contributed by atoms with Crippen molar-refractivity contribution in [1.29, 1.82) is 0 Å². The van der Waals surface area contributed by atoms with Crippen molar-refractivity contribution in [3.63, 3.8) is 0 Å². The first-order valence-corrected chi connectivity index (χ1v) is 5.98. The SMILES string of the molecule is CCCC1SSC1CC. The minimum atomic E-state index is 0.981. The smallest absolute Gasteiger partial charge is 0.0278 e. The van der Waals surface area contributed by atoms with Crippen molar-refractivity contribution < 1.29 is 0 Å². The molecule has 1 heterocycles. The Hall–Kier alpha value is 0.700. The highest BCUT2D eigenvalue weighted by Crippen LogP contribution is 2.50. The summed E-state index contributed by atoms with van der Waals surface area (Å²) in [7, 11) is 4.15. The van der Waals surface area contributed by atoms with Crippen molar-refractivity contribution in [3.05, 3.63) is 0 Å². The Morgan fingerprint density at radius 2 is 1.78 bits per heavy atom. The fourth-order valence-corrected chi connectivity index (χ4v) is 4.26. The van der Waals surface area contributed by atoms with Gasteiger partial charge in [-0.3, -0.25) is 0 Å². The molecule has 1 saturated heterocycles. The summed E-state index contributed by atoms with van der Waals surface area (Å²) in [6, 6.07) is 0. The molecule has 0 N–H and O–H groups in total. The molecule has 0 aromatic carbocycles. The number of hydrogen-bond donors (Lipinski definition) is 0. The van der Waals surface area contributed by atoms with Crippen LogP contribution in [0.15, 0.2) is 0 Å². The Morgan fingerprint density at radius 1 is 1.11 bits per heavy atom. The van der Waals surface area contributed by atoms with Crippen LogP contribution in [-0.4, -0.2) is 10.5 Å². The van der Waals surface area contributed by atoms with E-state index in [0.717, 1.165) is 10.5 Å². The average Bonchev–Trinajstić information content (AvgIpc) is 1.82. The molecular weight excluding hydrogens is 148 g/mol. The molecular formula is C7H14S2. The van der Waals surface area contributed by atoms with Crippen LogP contribution in [0, 0.1) is 0 Å². The summed E-state index contributed by atoms with van der Waals surface area (Å²) >= 11 is 0. The molecule has 0 saturated carbocycles. The summed E-state index contributed by atoms with van der Waals surface area (Å²) in [5.74, 6) is 0. The summed E-state index contributed by atoms with van der Waals surface area (Å²) in [5.41, 5.74) is 0. The van der Waals surface area contributed by atoms with E-state index in [9.17, 15) is 0 Å². The van der Waals surface area contributed by atoms with Crippen LogP contribution in [0.2, 0.25) is 0 Å². The van der Waals surface area contributed by atoms with Gasteiger partial charge in [0.15, 0.2) is 0 Å². The van der Waals surface area contributed by atoms with Crippen LogP contribution in [0.1, 0.15) is 33.1 Å². The monoisotopic (exact) mass is 162 g/mol. The predicted molar refractivity (Wildman–Crippen MR) is 48.0 cm³/mol. The van der Waals surface area contributed by atoms with Crippen LogP contribution < -0.4 is 0 Å². The van der Waals surface area contributed by atoms with E-state index in [-0.39, 0.29) is 0 Å². The van der Waals surface area contributed by atoms with Crippen molar-refractivity contribution in [3.8, 4) is 0 Å². The van der Waals surface area contributed by atoms with E-state index < -0.39 is 0 Å². The molecule has 54 valence electrons. The minimum absolute atomic E-state index is 0.981. The third-order valence-corrected chi connectivity index (χ3v) is 5.51. The molecule has 9 heavy (non-hydrogen) atoms. The molecule has 0 radical (unpaired) electrons. The van der Waals surface area contributed by atoms with Gasteiger partial charge in [0.25, 0.3) is 0 Å². The van der Waals surface area contributed by atoms with E-state index in [2.05, 4.69) is 35.4 Å². The summed E-state index contributed by atoms with van der Waals surface area (Å²) < 4.78 is 0. The van der Waals surface area contributed by atoms with Gasteiger partial charge in [0.05, 0.1) is 0 Å². The predicted octanol–water partition coefficient (Wildman–Crippen LogP) is 3.33. The molecule has 0 spiro atoms. The molecule has 0 aliphatic carbocycles. The quantitative estimate of drug-likeness (QED) is 0.584. The lowest BCUT2D eigenvalue weighted by Crippen LogP contribution is -2.25. The van der Waals surface area contributed by atoms with Gasteiger partial charge in [-0.15, -0.1) is 0 Å². The molecule has 2 atom stereocenters. The zero-order chi connectivity index (χ0) is 6.69. The fraction of sp³-hybridized carbons (Fsp3) is 1.00. The van der Waals surface area contributed by atoms with Gasteiger partial charge in [0, 0.05) is 10.5 Å². The first-order chi connectivity index (χ1) is 4.38. The molecule has 1 fully saturated rings. The maximum Gasteiger partial charge on any atom is 0.0278 e. The second-order valence-corrected chi connectivity index (χ2v) is 5.22. The van der Waals surface area contributed by atoms with Crippen LogP contribution in [-0.2, 0) is 0 Å². The Bertz CT molecular complexity index is 81.0. The first kappa shape index (κ1) is 7.80. The highest BCUT2D eigenvalue weighted by molar-refractivity contribution is 8.80. The third kappa shape index (κ3) is 1.81. The molecule has 2 unspecified atom stereocenters. The first-order valence-electron chi connectivity index (χ1n) is 3.70. The Balaban J connectivity index is 2.11. The van der Waals surface area contributed by atoms with Crippen molar-refractivity contribution in [2.24, 2.45) is 0 Å². The number of hydrogen-bond acceptors (Lipinski definition) is 2. The van der Waals surface area contributed by atoms with E-state index in [1.54, 1.807) is 0 Å². The van der Waals surface area contributed by atoms with Crippen molar-refractivity contribution in [2.75, 3.05) is 0 Å². The lowest BCUT2D eigenvalue weighted by Gasteiger charge is -2.33. The Labute approximate surface area is 65.6 Å². The Kier molecular flexibility index (Phi) is 3.27. The van der Waals surface area contributed by atoms with E-state index in [1.807, 2.05) is 0 Å². The summed E-state index contributed by atoms with van der Waals surface area (Å²) in [6.07, 6.45) is 4.15. The zero-order valence-electron chi connectivity index (χ0n) is 6.09. The van der Waals surface area contributed by atoms with E-state index >= 15 is 0 Å². The molecule has 1 aliphatic heterocycles. The van der Waals surface area contributed by atoms with Gasteiger partial charge in [-0.1, -0.05) is 41.9 Å². The van der Waals surface area contributed by atoms with Crippen LogP contribution in [0.3, 0.4) is 0 Å². The largest absolute Gasteiger partial charge is 0.0892 e. The maximum absolute atomic E-state index is 2.29. The number of rotatable bonds is 3. The van der Waals surface area contributed by atoms with Crippen LogP contribution in [0.4, 0.5) is 0 Å². The van der Waals surface area contributed by atoms with Gasteiger partial charge in [-0.05, 0) is 12.8 Å². The third-order valence-electron chi connectivity index (χ3n) is 1.69. The molecule has 0 amide bonds. The van der Waals surface area contributed by atoms with Gasteiger partial charge < -0.3 is 0 Å². The summed E-state index contributed by atoms with van der Waals surface area (Å²) in [6.45, 7) is 4.57. The molecule has 1 aliphatic rings. The molecule has 1 rings (SSSR count). The van der Waals surface area contributed by atoms with Crippen LogP contribution >= 0.6 is 21.6 Å². The zero-order valence-corrected chi connectivity index (χ0v) is 7.73. The fourth-order valence-electron chi connectivity index (χ4n) is 1.06. The van der Waals surface area contributed by atoms with Crippen molar-refractivity contribution in [1.82, 2.24) is 0 Å². The van der Waals surface area contributed by atoms with E-state index in [0.29, 0.717) is 0 Å². The van der Waals surface area contributed by atoms with E-state index in [4.69, 9.17) is 0 Å². The molecule has 0 aromatic heterocycles. The Morgan fingerprint density at radius 3 is 2.11 bits per heavy atom. The lowest BCUT2D eigenvalue weighted by molar-refractivity contribution is 0.683. The van der Waals surface area contributed by atoms with Crippen molar-refractivity contribution in [2.45, 2.75) is 43.6 Å². The average molecular weight is 162 g/mol. The van der Waals surface area contributed by atoms with Crippen LogP contribution in [0.25, 0.3) is 0 Å². The maximum atomic E-state index is 2.29. The molecule has 2 heteroatoms. The lowest BCUT2D eigenvalue weighted by atomic mass is 10.1. The molecule has 0 nitrogen and oxygen atoms in total. The summed E-state index contributed by atoms with van der Waals surface area (Å²) in [5, 5.41) is 1.97. The molecule has 0 bridgehead atoms. The van der Waals surface area contributed by atoms with Gasteiger partial charge in [-0.2, -0.15) is 0 Å². The highest BCUT2D eigenvalue weighted by atomic mass is 33.1. The van der Waals surface area contributed by atoms with Gasteiger partial charge in [-0.25, -0.2) is 0 Å². The second kappa shape index (κ2) is 3.77. The van der Waals surface area contributed by atoms with Gasteiger partial charge in [0.1, 0.15) is 0 Å². The normalized spacial score (nSPS) is 34.0. The highest BCUT2D eigenvalue weighted by Gasteiger charge is 2.29. The second-order valence-electron chi connectivity index (χ2n) is 2.47. The summed E-state index contributed by atoms with van der Waals surface area (Å²) in [4.78, 5) is 0. The molecule has 0 aromatic rings.